The summed E-state index contributed by atoms with van der Waals surface area (Å²) in [5, 5.41) is 4.23. The standard InChI is InChI=1S/C42H43N3O4Si/c1-50(2,3)23-22-47-28-44-36-21-13-11-19-33(36)38-39-34(24-43(42(39)46)27-48-25-30-14-6-4-7-15-30)37-32-18-10-12-20-35(32)45(40(37)41(38)44)29-49-26-31-16-8-5-9-17-31/h4-21H,22-29H2,1-3H3. The van der Waals surface area contributed by atoms with Gasteiger partial charge in [-0.1, -0.05) is 117 Å². The van der Waals surface area contributed by atoms with Crippen molar-refractivity contribution in [3.8, 4) is 0 Å². The summed E-state index contributed by atoms with van der Waals surface area (Å²) in [5.41, 5.74) is 8.22. The van der Waals surface area contributed by atoms with Crippen LogP contribution in [0, 0.1) is 0 Å². The third kappa shape index (κ3) is 6.02. The van der Waals surface area contributed by atoms with Gasteiger partial charge in [-0.25, -0.2) is 0 Å². The highest BCUT2D eigenvalue weighted by atomic mass is 28.3. The molecule has 2 aromatic heterocycles. The largest absolute Gasteiger partial charge is 0.361 e. The first-order valence-corrected chi connectivity index (χ1v) is 21.2. The highest BCUT2D eigenvalue weighted by Gasteiger charge is 2.36. The highest BCUT2D eigenvalue weighted by Crippen LogP contribution is 2.46. The molecule has 0 bridgehead atoms. The van der Waals surface area contributed by atoms with Crippen LogP contribution in [0.2, 0.25) is 25.7 Å². The van der Waals surface area contributed by atoms with Gasteiger partial charge in [-0.2, -0.15) is 0 Å². The molecule has 1 amide bonds. The molecule has 5 aromatic carbocycles. The van der Waals surface area contributed by atoms with E-state index in [-0.39, 0.29) is 12.6 Å². The van der Waals surface area contributed by atoms with Crippen molar-refractivity contribution in [1.82, 2.24) is 14.0 Å². The maximum Gasteiger partial charge on any atom is 0.257 e. The summed E-state index contributed by atoms with van der Waals surface area (Å²) < 4.78 is 23.7. The van der Waals surface area contributed by atoms with E-state index in [1.165, 1.54) is 0 Å². The number of carbonyl (C=O) groups excluding carboxylic acids is 1. The van der Waals surface area contributed by atoms with Crippen LogP contribution in [-0.2, 0) is 47.4 Å². The van der Waals surface area contributed by atoms with E-state index in [1.54, 1.807) is 0 Å². The maximum absolute atomic E-state index is 14.6. The predicted molar refractivity (Wildman–Crippen MR) is 204 cm³/mol. The first-order valence-electron chi connectivity index (χ1n) is 17.5. The van der Waals surface area contributed by atoms with Crippen LogP contribution in [-0.4, -0.2) is 41.4 Å². The Morgan fingerprint density at radius 1 is 0.600 bits per heavy atom. The van der Waals surface area contributed by atoms with E-state index in [0.717, 1.165) is 71.9 Å². The fourth-order valence-corrected chi connectivity index (χ4v) is 8.09. The van der Waals surface area contributed by atoms with Gasteiger partial charge in [0, 0.05) is 42.8 Å². The molecule has 0 saturated carbocycles. The fraction of sp³-hybridized carbons (Fsp3) is 0.262. The molecule has 0 spiro atoms. The smallest absolute Gasteiger partial charge is 0.257 e. The third-order valence-electron chi connectivity index (χ3n) is 9.78. The van der Waals surface area contributed by atoms with Crippen molar-refractivity contribution in [2.24, 2.45) is 0 Å². The van der Waals surface area contributed by atoms with Crippen LogP contribution in [0.1, 0.15) is 27.0 Å². The Bertz CT molecular complexity index is 2320. The summed E-state index contributed by atoms with van der Waals surface area (Å²) in [6.07, 6.45) is 0. The van der Waals surface area contributed by atoms with Gasteiger partial charge >= 0.3 is 0 Å². The molecule has 3 heterocycles. The molecule has 0 radical (unpaired) electrons. The van der Waals surface area contributed by atoms with Crippen molar-refractivity contribution in [3.05, 3.63) is 131 Å². The second-order valence-electron chi connectivity index (χ2n) is 14.5. The highest BCUT2D eigenvalue weighted by molar-refractivity contribution is 6.76. The van der Waals surface area contributed by atoms with Gasteiger partial charge in [0.25, 0.3) is 5.91 Å². The van der Waals surface area contributed by atoms with E-state index in [9.17, 15) is 4.79 Å². The van der Waals surface area contributed by atoms with Crippen LogP contribution in [0.4, 0.5) is 0 Å². The first kappa shape index (κ1) is 32.5. The van der Waals surface area contributed by atoms with Crippen molar-refractivity contribution >= 4 is 57.6 Å². The minimum absolute atomic E-state index is 0.000301. The molecule has 1 aliphatic heterocycles. The van der Waals surface area contributed by atoms with Crippen molar-refractivity contribution < 1.29 is 19.0 Å². The molecule has 0 unspecified atom stereocenters. The summed E-state index contributed by atoms with van der Waals surface area (Å²) in [5.74, 6) is -0.000301. The van der Waals surface area contributed by atoms with Crippen molar-refractivity contribution in [1.29, 1.82) is 0 Å². The lowest BCUT2D eigenvalue weighted by Crippen LogP contribution is -2.26. The Balaban J connectivity index is 1.30. The lowest BCUT2D eigenvalue weighted by molar-refractivity contribution is 0.0189. The predicted octanol–water partition coefficient (Wildman–Crippen LogP) is 9.52. The number of aromatic nitrogens is 2. The molecule has 0 N–H and O–H groups in total. The van der Waals surface area contributed by atoms with E-state index < -0.39 is 8.07 Å². The Morgan fingerprint density at radius 2 is 1.10 bits per heavy atom. The average Bonchev–Trinajstić information content (AvgIpc) is 3.74. The van der Waals surface area contributed by atoms with Crippen molar-refractivity contribution in [2.75, 3.05) is 13.3 Å². The number of ether oxygens (including phenoxy) is 3. The second-order valence-corrected chi connectivity index (χ2v) is 20.1. The summed E-state index contributed by atoms with van der Waals surface area (Å²) in [6, 6.07) is 38.4. The molecule has 8 rings (SSSR count). The summed E-state index contributed by atoms with van der Waals surface area (Å²) in [7, 11) is -1.29. The third-order valence-corrected chi connectivity index (χ3v) is 11.5. The van der Waals surface area contributed by atoms with Crippen LogP contribution in [0.3, 0.4) is 0 Å². The Morgan fingerprint density at radius 3 is 1.70 bits per heavy atom. The number of carbonyl (C=O) groups is 1. The molecule has 0 fully saturated rings. The zero-order valence-corrected chi connectivity index (χ0v) is 30.0. The Hall–Kier alpha value is -4.73. The Kier molecular flexibility index (Phi) is 8.79. The second kappa shape index (κ2) is 13.5. The first-order chi connectivity index (χ1) is 24.4. The number of nitrogens with zero attached hydrogens (tertiary/aromatic N) is 3. The van der Waals surface area contributed by atoms with E-state index >= 15 is 0 Å². The van der Waals surface area contributed by atoms with Crippen molar-refractivity contribution in [3.63, 3.8) is 0 Å². The normalized spacial score (nSPS) is 13.4. The van der Waals surface area contributed by atoms with Gasteiger partial charge in [-0.3, -0.25) is 4.79 Å². The topological polar surface area (TPSA) is 57.9 Å². The van der Waals surface area contributed by atoms with Crippen molar-refractivity contribution in [2.45, 2.75) is 58.9 Å². The zero-order valence-electron chi connectivity index (χ0n) is 29.0. The number of fused-ring (bicyclic) bond motifs is 10. The SMILES string of the molecule is C[Si](C)(C)CCOCn1c2ccccc2c2c3c(c4c5ccccc5n(COCc5ccccc5)c4c21)CN(COCc1ccccc1)C3=O. The van der Waals surface area contributed by atoms with E-state index in [2.05, 4.69) is 89.4 Å². The van der Waals surface area contributed by atoms with Gasteiger partial charge in [0.2, 0.25) is 0 Å². The summed E-state index contributed by atoms with van der Waals surface area (Å²) in [4.78, 5) is 16.4. The van der Waals surface area contributed by atoms with Crippen LogP contribution in [0.5, 0.6) is 0 Å². The molecule has 50 heavy (non-hydrogen) atoms. The van der Waals surface area contributed by atoms with Gasteiger partial charge in [-0.15, -0.1) is 0 Å². The Labute approximate surface area is 293 Å². The van der Waals surface area contributed by atoms with E-state index in [0.29, 0.717) is 39.8 Å². The quantitative estimate of drug-likeness (QED) is 0.0899. The molecule has 7 aromatic rings. The lowest BCUT2D eigenvalue weighted by atomic mass is 9.97. The molecule has 254 valence electrons. The molecule has 7 nitrogen and oxygen atoms in total. The molecular weight excluding hydrogens is 639 g/mol. The molecular formula is C42H43N3O4Si. The lowest BCUT2D eigenvalue weighted by Gasteiger charge is -2.17. The van der Waals surface area contributed by atoms with Crippen LogP contribution >= 0.6 is 0 Å². The number of hydrogen-bond donors (Lipinski definition) is 0. The van der Waals surface area contributed by atoms with Gasteiger partial charge in [0.05, 0.1) is 40.8 Å². The van der Waals surface area contributed by atoms with Crippen LogP contribution < -0.4 is 0 Å². The molecule has 1 aliphatic rings. The fourth-order valence-electron chi connectivity index (χ4n) is 7.33. The maximum atomic E-state index is 14.6. The number of para-hydroxylation sites is 2. The van der Waals surface area contributed by atoms with E-state index in [4.69, 9.17) is 14.2 Å². The minimum Gasteiger partial charge on any atom is -0.361 e. The monoisotopic (exact) mass is 681 g/mol. The van der Waals surface area contributed by atoms with E-state index in [1.807, 2.05) is 53.4 Å². The molecule has 0 atom stereocenters. The van der Waals surface area contributed by atoms with Gasteiger partial charge in [-0.05, 0) is 34.9 Å². The summed E-state index contributed by atoms with van der Waals surface area (Å²) in [6.45, 7) is 10.2. The number of amides is 1. The number of benzene rings is 5. The average molecular weight is 682 g/mol. The zero-order chi connectivity index (χ0) is 34.2. The molecule has 8 heteroatoms. The van der Waals surface area contributed by atoms with Gasteiger partial charge < -0.3 is 28.2 Å². The van der Waals surface area contributed by atoms with Gasteiger partial charge in [0.15, 0.2) is 0 Å². The molecule has 0 aliphatic carbocycles. The molecule has 0 saturated heterocycles. The summed E-state index contributed by atoms with van der Waals surface area (Å²) >= 11 is 0. The van der Waals surface area contributed by atoms with Crippen LogP contribution in [0.25, 0.3) is 43.6 Å². The van der Waals surface area contributed by atoms with Gasteiger partial charge in [0.1, 0.15) is 20.2 Å². The number of rotatable bonds is 13. The van der Waals surface area contributed by atoms with Crippen LogP contribution in [0.15, 0.2) is 109 Å². The number of hydrogen-bond acceptors (Lipinski definition) is 4. The minimum atomic E-state index is -1.29.